The zero-order valence-corrected chi connectivity index (χ0v) is 13.1. The lowest BCUT2D eigenvalue weighted by molar-refractivity contribution is -0.115. The molecule has 0 unspecified atom stereocenters. The van der Waals surface area contributed by atoms with Crippen molar-refractivity contribution in [3.05, 3.63) is 58.1 Å². The number of hydrogen-bond donors (Lipinski definition) is 2. The van der Waals surface area contributed by atoms with E-state index >= 15 is 0 Å². The first-order valence-corrected chi connectivity index (χ1v) is 7.33. The van der Waals surface area contributed by atoms with Gasteiger partial charge in [-0.05, 0) is 36.4 Å². The maximum Gasteiger partial charge on any atom is 0.226 e. The van der Waals surface area contributed by atoms with E-state index in [9.17, 15) is 4.79 Å². The van der Waals surface area contributed by atoms with Crippen molar-refractivity contribution in [1.29, 1.82) is 5.26 Å². The summed E-state index contributed by atoms with van der Waals surface area (Å²) >= 11 is 12.0. The lowest BCUT2D eigenvalue weighted by Gasteiger charge is -2.10. The normalized spacial score (nSPS) is 9.86. The Balaban J connectivity index is 1.84. The van der Waals surface area contributed by atoms with Gasteiger partial charge in [0.1, 0.15) is 0 Å². The van der Waals surface area contributed by atoms with Gasteiger partial charge in [0.05, 0.1) is 27.4 Å². The Bertz CT molecular complexity index is 688. The van der Waals surface area contributed by atoms with E-state index < -0.39 is 0 Å². The number of carbonyl (C=O) groups excluding carboxylic acids is 1. The van der Waals surface area contributed by atoms with Gasteiger partial charge in [0.2, 0.25) is 5.91 Å². The van der Waals surface area contributed by atoms with Crippen LogP contribution in [-0.2, 0) is 4.79 Å². The second kappa shape index (κ2) is 7.69. The molecule has 0 fully saturated rings. The van der Waals surface area contributed by atoms with Crippen molar-refractivity contribution >= 4 is 40.5 Å². The van der Waals surface area contributed by atoms with Crippen LogP contribution < -0.4 is 10.6 Å². The van der Waals surface area contributed by atoms with E-state index in [0.717, 1.165) is 5.69 Å². The second-order valence-electron chi connectivity index (χ2n) is 4.51. The quantitative estimate of drug-likeness (QED) is 0.856. The number of carbonyl (C=O) groups is 1. The van der Waals surface area contributed by atoms with Gasteiger partial charge in [0.15, 0.2) is 0 Å². The zero-order chi connectivity index (χ0) is 15.9. The fourth-order valence-corrected chi connectivity index (χ4v) is 2.29. The van der Waals surface area contributed by atoms with Gasteiger partial charge in [-0.2, -0.15) is 5.26 Å². The molecule has 0 radical (unpaired) electrons. The number of nitrogens with zero attached hydrogens (tertiary/aromatic N) is 1. The predicted octanol–water partition coefficient (Wildman–Crippen LogP) is 4.31. The van der Waals surface area contributed by atoms with Crippen LogP contribution in [0, 0.1) is 11.3 Å². The van der Waals surface area contributed by atoms with Crippen LogP contribution in [0.2, 0.25) is 10.0 Å². The lowest BCUT2D eigenvalue weighted by atomic mass is 10.2. The van der Waals surface area contributed by atoms with Crippen LogP contribution in [-0.4, -0.2) is 12.5 Å². The number of rotatable bonds is 5. The van der Waals surface area contributed by atoms with Gasteiger partial charge in [-0.1, -0.05) is 29.3 Å². The van der Waals surface area contributed by atoms with Crippen LogP contribution in [0.5, 0.6) is 0 Å². The summed E-state index contributed by atoms with van der Waals surface area (Å²) in [6, 6.07) is 14.1. The monoisotopic (exact) mass is 333 g/mol. The van der Waals surface area contributed by atoms with Crippen molar-refractivity contribution in [2.75, 3.05) is 17.2 Å². The first-order valence-electron chi connectivity index (χ1n) is 6.58. The van der Waals surface area contributed by atoms with E-state index in [2.05, 4.69) is 10.6 Å². The second-order valence-corrected chi connectivity index (χ2v) is 5.33. The number of benzene rings is 2. The van der Waals surface area contributed by atoms with Gasteiger partial charge in [0.25, 0.3) is 0 Å². The van der Waals surface area contributed by atoms with Crippen molar-refractivity contribution < 1.29 is 4.79 Å². The number of amides is 1. The average molecular weight is 334 g/mol. The fourth-order valence-electron chi connectivity index (χ4n) is 1.80. The molecule has 0 aliphatic rings. The maximum absolute atomic E-state index is 11.9. The summed E-state index contributed by atoms with van der Waals surface area (Å²) in [5, 5.41) is 15.3. The largest absolute Gasteiger partial charge is 0.385 e. The molecule has 0 aromatic heterocycles. The van der Waals surface area contributed by atoms with Gasteiger partial charge >= 0.3 is 0 Å². The van der Waals surface area contributed by atoms with Gasteiger partial charge < -0.3 is 10.6 Å². The van der Waals surface area contributed by atoms with Crippen molar-refractivity contribution in [2.45, 2.75) is 6.42 Å². The van der Waals surface area contributed by atoms with Crippen molar-refractivity contribution in [2.24, 2.45) is 0 Å². The van der Waals surface area contributed by atoms with E-state index in [0.29, 0.717) is 27.8 Å². The highest BCUT2D eigenvalue weighted by molar-refractivity contribution is 6.39. The van der Waals surface area contributed by atoms with E-state index in [1.807, 2.05) is 6.07 Å². The number of hydrogen-bond acceptors (Lipinski definition) is 3. The van der Waals surface area contributed by atoms with Gasteiger partial charge in [-0.15, -0.1) is 0 Å². The molecule has 112 valence electrons. The van der Waals surface area contributed by atoms with Crippen molar-refractivity contribution in [3.8, 4) is 6.07 Å². The number of para-hydroxylation sites is 1. The van der Waals surface area contributed by atoms with Crippen LogP contribution in [0.25, 0.3) is 0 Å². The van der Waals surface area contributed by atoms with E-state index in [-0.39, 0.29) is 12.3 Å². The SMILES string of the molecule is N#Cc1ccc(NCCC(=O)Nc2c(Cl)cccc2Cl)cc1. The first kappa shape index (κ1) is 16.2. The topological polar surface area (TPSA) is 64.9 Å². The average Bonchev–Trinajstić information content (AvgIpc) is 2.52. The Morgan fingerprint density at radius 3 is 2.32 bits per heavy atom. The standard InChI is InChI=1S/C16H13Cl2N3O/c17-13-2-1-3-14(18)16(13)21-15(22)8-9-20-12-6-4-11(10-19)5-7-12/h1-7,20H,8-9H2,(H,21,22). The van der Waals surface area contributed by atoms with Gasteiger partial charge in [-0.25, -0.2) is 0 Å². The lowest BCUT2D eigenvalue weighted by Crippen LogP contribution is -2.16. The molecule has 2 aromatic rings. The molecule has 2 rings (SSSR count). The molecule has 2 N–H and O–H groups in total. The minimum absolute atomic E-state index is 0.184. The third-order valence-corrected chi connectivity index (χ3v) is 3.55. The minimum atomic E-state index is -0.184. The highest BCUT2D eigenvalue weighted by Gasteiger charge is 2.09. The molecular formula is C16H13Cl2N3O. The number of halogens is 2. The molecule has 0 bridgehead atoms. The summed E-state index contributed by atoms with van der Waals surface area (Å²) in [7, 11) is 0. The molecule has 0 aliphatic carbocycles. The van der Waals surface area contributed by atoms with Crippen LogP contribution >= 0.6 is 23.2 Å². The molecule has 1 amide bonds. The van der Waals surface area contributed by atoms with Crippen LogP contribution in [0.4, 0.5) is 11.4 Å². The van der Waals surface area contributed by atoms with Crippen LogP contribution in [0.1, 0.15) is 12.0 Å². The summed E-state index contributed by atoms with van der Waals surface area (Å²) in [5.41, 5.74) is 1.87. The van der Waals surface area contributed by atoms with Gasteiger partial charge in [0, 0.05) is 18.7 Å². The molecule has 0 saturated heterocycles. The molecule has 0 atom stereocenters. The Labute approximate surface area is 138 Å². The van der Waals surface area contributed by atoms with Crippen molar-refractivity contribution in [3.63, 3.8) is 0 Å². The highest BCUT2D eigenvalue weighted by Crippen LogP contribution is 2.29. The minimum Gasteiger partial charge on any atom is -0.385 e. The number of nitriles is 1. The number of nitrogens with one attached hydrogen (secondary N) is 2. The number of anilines is 2. The Kier molecular flexibility index (Phi) is 5.65. The molecule has 0 spiro atoms. The molecule has 22 heavy (non-hydrogen) atoms. The van der Waals surface area contributed by atoms with E-state index in [1.54, 1.807) is 42.5 Å². The molecule has 2 aromatic carbocycles. The molecule has 6 heteroatoms. The zero-order valence-electron chi connectivity index (χ0n) is 11.6. The first-order chi connectivity index (χ1) is 10.6. The summed E-state index contributed by atoms with van der Waals surface area (Å²) in [5.74, 6) is -0.184. The van der Waals surface area contributed by atoms with Crippen molar-refractivity contribution in [1.82, 2.24) is 0 Å². The third-order valence-electron chi connectivity index (χ3n) is 2.92. The summed E-state index contributed by atoms with van der Waals surface area (Å²) in [6.45, 7) is 0.458. The maximum atomic E-state index is 11.9. The smallest absolute Gasteiger partial charge is 0.226 e. The molecule has 0 heterocycles. The molecular weight excluding hydrogens is 321 g/mol. The third kappa shape index (κ3) is 4.39. The Morgan fingerprint density at radius 1 is 1.09 bits per heavy atom. The molecule has 0 saturated carbocycles. The molecule has 0 aliphatic heterocycles. The van der Waals surface area contributed by atoms with Gasteiger partial charge in [-0.3, -0.25) is 4.79 Å². The summed E-state index contributed by atoms with van der Waals surface area (Å²) in [4.78, 5) is 11.9. The predicted molar refractivity (Wildman–Crippen MR) is 89.4 cm³/mol. The Morgan fingerprint density at radius 2 is 1.73 bits per heavy atom. The molecule has 4 nitrogen and oxygen atoms in total. The Hall–Kier alpha value is -2.22. The highest BCUT2D eigenvalue weighted by atomic mass is 35.5. The summed E-state index contributed by atoms with van der Waals surface area (Å²) in [6.07, 6.45) is 0.265. The fraction of sp³-hybridized carbons (Fsp3) is 0.125. The summed E-state index contributed by atoms with van der Waals surface area (Å²) < 4.78 is 0. The van der Waals surface area contributed by atoms with Crippen LogP contribution in [0.3, 0.4) is 0 Å². The van der Waals surface area contributed by atoms with E-state index in [4.69, 9.17) is 28.5 Å². The van der Waals surface area contributed by atoms with E-state index in [1.165, 1.54) is 0 Å². The van der Waals surface area contributed by atoms with Crippen LogP contribution in [0.15, 0.2) is 42.5 Å².